The van der Waals surface area contributed by atoms with Crippen molar-refractivity contribution >= 4 is 11.8 Å². The van der Waals surface area contributed by atoms with Gasteiger partial charge in [0.1, 0.15) is 0 Å². The van der Waals surface area contributed by atoms with Crippen molar-refractivity contribution in [1.82, 2.24) is 19.6 Å². The number of fused-ring (bicyclic) bond motifs is 1. The molecule has 2 aliphatic rings. The number of aromatic nitrogens is 2. The highest BCUT2D eigenvalue weighted by molar-refractivity contribution is 5.95. The number of amides is 2. The molecular formula is C22H30N4O5. The molecule has 4 heterocycles. The van der Waals surface area contributed by atoms with Gasteiger partial charge in [0.2, 0.25) is 0 Å². The van der Waals surface area contributed by atoms with Gasteiger partial charge >= 0.3 is 0 Å². The van der Waals surface area contributed by atoms with Gasteiger partial charge in [-0.3, -0.25) is 14.3 Å². The van der Waals surface area contributed by atoms with E-state index in [9.17, 15) is 9.59 Å². The van der Waals surface area contributed by atoms with Crippen LogP contribution in [0.2, 0.25) is 0 Å². The summed E-state index contributed by atoms with van der Waals surface area (Å²) in [5.41, 5.74) is 2.35. The third-order valence-corrected chi connectivity index (χ3v) is 5.83. The highest BCUT2D eigenvalue weighted by Crippen LogP contribution is 2.27. The number of morpholine rings is 1. The van der Waals surface area contributed by atoms with E-state index in [0.29, 0.717) is 63.4 Å². The van der Waals surface area contributed by atoms with Gasteiger partial charge < -0.3 is 23.7 Å². The van der Waals surface area contributed by atoms with Crippen molar-refractivity contribution in [1.29, 1.82) is 0 Å². The Balaban J connectivity index is 1.61. The van der Waals surface area contributed by atoms with Gasteiger partial charge in [0, 0.05) is 49.9 Å². The van der Waals surface area contributed by atoms with Crippen LogP contribution in [0, 0.1) is 5.92 Å². The van der Waals surface area contributed by atoms with E-state index >= 15 is 0 Å². The average Bonchev–Trinajstić information content (AvgIpc) is 3.42. The maximum atomic E-state index is 13.3. The first-order chi connectivity index (χ1) is 15.0. The van der Waals surface area contributed by atoms with Gasteiger partial charge in [0.15, 0.2) is 11.5 Å². The molecule has 0 aliphatic carbocycles. The summed E-state index contributed by atoms with van der Waals surface area (Å²) >= 11 is 0. The zero-order valence-corrected chi connectivity index (χ0v) is 18.4. The first-order valence-electron chi connectivity index (χ1n) is 10.9. The second kappa shape index (κ2) is 9.13. The monoisotopic (exact) mass is 430 g/mol. The van der Waals surface area contributed by atoms with E-state index in [1.165, 1.54) is 7.11 Å². The molecule has 2 aromatic rings. The number of carbonyl (C=O) groups excluding carboxylic acids is 2. The molecule has 2 aromatic heterocycles. The molecule has 31 heavy (non-hydrogen) atoms. The maximum absolute atomic E-state index is 13.3. The molecule has 0 unspecified atom stereocenters. The Morgan fingerprint density at radius 1 is 1.13 bits per heavy atom. The second-order valence-electron chi connectivity index (χ2n) is 8.38. The van der Waals surface area contributed by atoms with E-state index in [2.05, 4.69) is 13.8 Å². The fourth-order valence-electron chi connectivity index (χ4n) is 4.02. The number of furan rings is 1. The van der Waals surface area contributed by atoms with Crippen molar-refractivity contribution < 1.29 is 23.5 Å². The molecule has 2 aliphatic heterocycles. The molecule has 9 nitrogen and oxygen atoms in total. The van der Waals surface area contributed by atoms with Crippen LogP contribution in [-0.2, 0) is 24.2 Å². The summed E-state index contributed by atoms with van der Waals surface area (Å²) in [6, 6.07) is 3.24. The Hall–Kier alpha value is -2.81. The number of rotatable bonds is 6. The van der Waals surface area contributed by atoms with E-state index in [-0.39, 0.29) is 17.6 Å². The summed E-state index contributed by atoms with van der Waals surface area (Å²) in [5, 5.41) is 4.73. The number of aryl methyl sites for hydroxylation is 1. The van der Waals surface area contributed by atoms with Gasteiger partial charge in [-0.25, -0.2) is 0 Å². The predicted molar refractivity (Wildman–Crippen MR) is 112 cm³/mol. The van der Waals surface area contributed by atoms with Gasteiger partial charge in [-0.1, -0.05) is 13.8 Å². The number of hydrogen-bond donors (Lipinski definition) is 0. The Labute approximate surface area is 181 Å². The van der Waals surface area contributed by atoms with Crippen molar-refractivity contribution in [3.8, 4) is 5.95 Å². The van der Waals surface area contributed by atoms with Crippen molar-refractivity contribution in [2.45, 2.75) is 39.8 Å². The van der Waals surface area contributed by atoms with Crippen LogP contribution in [0.1, 0.15) is 52.6 Å². The predicted octanol–water partition coefficient (Wildman–Crippen LogP) is 2.20. The molecule has 1 fully saturated rings. The van der Waals surface area contributed by atoms with Crippen LogP contribution in [0.3, 0.4) is 0 Å². The van der Waals surface area contributed by atoms with Crippen LogP contribution in [-0.4, -0.2) is 71.4 Å². The normalized spacial score (nSPS) is 16.5. The number of nitrogens with zero attached hydrogens (tertiary/aromatic N) is 4. The summed E-state index contributed by atoms with van der Waals surface area (Å²) in [5.74, 6) is 0.763. The molecule has 0 aromatic carbocycles. The van der Waals surface area contributed by atoms with Crippen molar-refractivity contribution in [3.63, 3.8) is 0 Å². The minimum atomic E-state index is -0.214. The van der Waals surface area contributed by atoms with Gasteiger partial charge in [-0.05, 0) is 18.4 Å². The number of hydrogen-bond acceptors (Lipinski definition) is 6. The molecular weight excluding hydrogens is 400 g/mol. The Bertz CT molecular complexity index is 942. The Kier molecular flexibility index (Phi) is 6.31. The topological polar surface area (TPSA) is 90.0 Å². The Morgan fingerprint density at radius 2 is 1.90 bits per heavy atom. The molecule has 9 heteroatoms. The molecule has 2 amide bonds. The van der Waals surface area contributed by atoms with E-state index in [1.807, 2.05) is 4.68 Å². The highest BCUT2D eigenvalue weighted by atomic mass is 16.6. The summed E-state index contributed by atoms with van der Waals surface area (Å²) in [6.45, 7) is 8.18. The van der Waals surface area contributed by atoms with Crippen molar-refractivity contribution in [2.24, 2.45) is 5.92 Å². The lowest BCUT2D eigenvalue weighted by Gasteiger charge is -2.29. The van der Waals surface area contributed by atoms with Crippen LogP contribution in [0.4, 0.5) is 0 Å². The minimum absolute atomic E-state index is 0.0863. The molecule has 0 radical (unpaired) electrons. The number of methoxy groups -OCH3 is 1. The molecule has 0 bridgehead atoms. The second-order valence-corrected chi connectivity index (χ2v) is 8.38. The summed E-state index contributed by atoms with van der Waals surface area (Å²) in [7, 11) is 1.50. The highest BCUT2D eigenvalue weighted by Gasteiger charge is 2.33. The zero-order valence-electron chi connectivity index (χ0n) is 18.4. The number of carbonyl (C=O) groups is 2. The van der Waals surface area contributed by atoms with E-state index in [1.54, 1.807) is 21.9 Å². The van der Waals surface area contributed by atoms with E-state index in [0.717, 1.165) is 24.2 Å². The average molecular weight is 431 g/mol. The molecule has 0 N–H and O–H groups in total. The smallest absolute Gasteiger partial charge is 0.290 e. The molecule has 0 atom stereocenters. The maximum Gasteiger partial charge on any atom is 0.290 e. The fraction of sp³-hybridized carbons (Fsp3) is 0.591. The van der Waals surface area contributed by atoms with Crippen molar-refractivity contribution in [3.05, 3.63) is 34.8 Å². The SMILES string of the molecule is COc1ccc(C(=O)N2CCc3c(c(C(=O)N4CCOCC4)nn3CCC(C)C)C2)o1. The lowest BCUT2D eigenvalue weighted by atomic mass is 10.0. The quantitative estimate of drug-likeness (QED) is 0.698. The Morgan fingerprint density at radius 3 is 2.58 bits per heavy atom. The fourth-order valence-corrected chi connectivity index (χ4v) is 4.02. The van der Waals surface area contributed by atoms with Crippen LogP contribution >= 0.6 is 0 Å². The first-order valence-corrected chi connectivity index (χ1v) is 10.9. The lowest BCUT2D eigenvalue weighted by molar-refractivity contribution is 0.0296. The molecule has 0 saturated carbocycles. The molecule has 1 saturated heterocycles. The van der Waals surface area contributed by atoms with Gasteiger partial charge in [0.05, 0.1) is 26.9 Å². The first kappa shape index (κ1) is 21.4. The molecule has 168 valence electrons. The molecule has 4 rings (SSSR count). The van der Waals surface area contributed by atoms with Crippen LogP contribution in [0.15, 0.2) is 16.5 Å². The minimum Gasteiger partial charge on any atom is -0.468 e. The van der Waals surface area contributed by atoms with Crippen LogP contribution in [0.5, 0.6) is 5.95 Å². The van der Waals surface area contributed by atoms with E-state index < -0.39 is 0 Å². The van der Waals surface area contributed by atoms with Gasteiger partial charge in [0.25, 0.3) is 17.8 Å². The van der Waals surface area contributed by atoms with Gasteiger partial charge in [-0.15, -0.1) is 0 Å². The third kappa shape index (κ3) is 4.46. The molecule has 0 spiro atoms. The van der Waals surface area contributed by atoms with E-state index in [4.69, 9.17) is 19.0 Å². The largest absolute Gasteiger partial charge is 0.468 e. The van der Waals surface area contributed by atoms with Crippen LogP contribution in [0.25, 0.3) is 0 Å². The number of ether oxygens (including phenoxy) is 2. The summed E-state index contributed by atoms with van der Waals surface area (Å²) in [6.07, 6.45) is 1.63. The van der Waals surface area contributed by atoms with Crippen molar-refractivity contribution in [2.75, 3.05) is 40.0 Å². The third-order valence-electron chi connectivity index (χ3n) is 5.83. The summed E-state index contributed by atoms with van der Waals surface area (Å²) in [4.78, 5) is 29.8. The lowest BCUT2D eigenvalue weighted by Crippen LogP contribution is -2.42. The van der Waals surface area contributed by atoms with Gasteiger partial charge in [-0.2, -0.15) is 5.10 Å². The summed E-state index contributed by atoms with van der Waals surface area (Å²) < 4.78 is 17.9. The zero-order chi connectivity index (χ0) is 22.0. The van der Waals surface area contributed by atoms with Crippen LogP contribution < -0.4 is 4.74 Å². The standard InChI is InChI=1S/C22H30N4O5/c1-15(2)6-9-26-17-7-8-25(21(27)18-4-5-19(29-3)31-18)14-16(17)20(23-26)22(28)24-10-12-30-13-11-24/h4-5,15H,6-14H2,1-3H3.